The molecular formula is C12H20FN3O. The van der Waals surface area contributed by atoms with Crippen molar-refractivity contribution in [3.8, 4) is 0 Å². The van der Waals surface area contributed by atoms with E-state index in [-0.39, 0.29) is 6.04 Å². The minimum atomic E-state index is -1.37. The summed E-state index contributed by atoms with van der Waals surface area (Å²) >= 11 is 0. The van der Waals surface area contributed by atoms with Gasteiger partial charge in [-0.15, -0.1) is 0 Å². The van der Waals surface area contributed by atoms with E-state index in [0.717, 1.165) is 6.54 Å². The quantitative estimate of drug-likeness (QED) is 0.867. The Kier molecular flexibility index (Phi) is 3.79. The molecule has 0 saturated carbocycles. The lowest BCUT2D eigenvalue weighted by atomic mass is 9.95. The van der Waals surface area contributed by atoms with Gasteiger partial charge >= 0.3 is 0 Å². The molecule has 1 saturated heterocycles. The largest absolute Gasteiger partial charge is 0.379 e. The summed E-state index contributed by atoms with van der Waals surface area (Å²) in [7, 11) is 0. The van der Waals surface area contributed by atoms with Crippen LogP contribution in [0, 0.1) is 0 Å². The van der Waals surface area contributed by atoms with E-state index in [9.17, 15) is 4.39 Å². The Morgan fingerprint density at radius 1 is 1.71 bits per heavy atom. The van der Waals surface area contributed by atoms with Crippen LogP contribution in [-0.4, -0.2) is 35.6 Å². The Bertz CT molecular complexity index is 358. The molecule has 1 N–H and O–H groups in total. The molecule has 2 rings (SSSR count). The zero-order valence-electron chi connectivity index (χ0n) is 10.4. The van der Waals surface area contributed by atoms with Crippen LogP contribution in [0.3, 0.4) is 0 Å². The van der Waals surface area contributed by atoms with Crippen LogP contribution in [0.15, 0.2) is 12.3 Å². The molecule has 0 aliphatic carbocycles. The summed E-state index contributed by atoms with van der Waals surface area (Å²) in [4.78, 5) is 0. The minimum absolute atomic E-state index is 0.0824. The first kappa shape index (κ1) is 12.5. The van der Waals surface area contributed by atoms with E-state index < -0.39 is 5.67 Å². The van der Waals surface area contributed by atoms with E-state index >= 15 is 0 Å². The third-order valence-electron chi connectivity index (χ3n) is 3.18. The number of hydrogen-bond acceptors (Lipinski definition) is 3. The van der Waals surface area contributed by atoms with E-state index in [1.165, 1.54) is 0 Å². The van der Waals surface area contributed by atoms with Gasteiger partial charge in [-0.05, 0) is 19.9 Å². The molecule has 0 radical (unpaired) electrons. The Labute approximate surface area is 101 Å². The molecule has 4 nitrogen and oxygen atoms in total. The highest BCUT2D eigenvalue weighted by Crippen LogP contribution is 2.30. The van der Waals surface area contributed by atoms with Gasteiger partial charge in [0.05, 0.1) is 18.9 Å². The number of hydrogen-bond donors (Lipinski definition) is 1. The number of morpholine rings is 1. The van der Waals surface area contributed by atoms with Gasteiger partial charge in [-0.2, -0.15) is 5.10 Å². The lowest BCUT2D eigenvalue weighted by Crippen LogP contribution is -2.44. The molecule has 2 atom stereocenters. The van der Waals surface area contributed by atoms with Crippen molar-refractivity contribution in [2.45, 2.75) is 38.5 Å². The highest BCUT2D eigenvalue weighted by atomic mass is 19.1. The fourth-order valence-electron chi connectivity index (χ4n) is 2.35. The number of aryl methyl sites for hydroxylation is 1. The van der Waals surface area contributed by atoms with Gasteiger partial charge in [0.15, 0.2) is 5.67 Å². The molecule has 96 valence electrons. The zero-order chi connectivity index (χ0) is 12.3. The predicted octanol–water partition coefficient (Wildman–Crippen LogP) is 1.47. The van der Waals surface area contributed by atoms with Gasteiger partial charge in [0.1, 0.15) is 0 Å². The maximum Gasteiger partial charge on any atom is 0.151 e. The topological polar surface area (TPSA) is 39.1 Å². The molecule has 1 fully saturated rings. The van der Waals surface area contributed by atoms with Gasteiger partial charge in [0.2, 0.25) is 0 Å². The average molecular weight is 241 g/mol. The lowest BCUT2D eigenvalue weighted by Gasteiger charge is -2.30. The summed E-state index contributed by atoms with van der Waals surface area (Å²) in [5.74, 6) is 0. The van der Waals surface area contributed by atoms with Crippen LogP contribution in [0.1, 0.15) is 26.0 Å². The number of nitrogens with zero attached hydrogens (tertiary/aromatic N) is 2. The first-order valence-electron chi connectivity index (χ1n) is 6.16. The molecule has 1 aromatic rings. The molecule has 0 spiro atoms. The lowest BCUT2D eigenvalue weighted by molar-refractivity contribution is 0.0449. The summed E-state index contributed by atoms with van der Waals surface area (Å²) in [6, 6.07) is 1.84. The molecule has 0 bridgehead atoms. The van der Waals surface area contributed by atoms with E-state index in [2.05, 4.69) is 10.4 Å². The van der Waals surface area contributed by atoms with Crippen LogP contribution in [0.5, 0.6) is 0 Å². The third-order valence-corrected chi connectivity index (χ3v) is 3.18. The molecule has 1 aliphatic rings. The van der Waals surface area contributed by atoms with Crippen molar-refractivity contribution >= 4 is 0 Å². The van der Waals surface area contributed by atoms with Gasteiger partial charge in [0, 0.05) is 31.7 Å². The fourth-order valence-corrected chi connectivity index (χ4v) is 2.35. The van der Waals surface area contributed by atoms with Crippen molar-refractivity contribution in [3.05, 3.63) is 18.0 Å². The van der Waals surface area contributed by atoms with Crippen LogP contribution in [0.25, 0.3) is 0 Å². The molecular weight excluding hydrogens is 221 g/mol. The molecule has 2 unspecified atom stereocenters. The minimum Gasteiger partial charge on any atom is -0.379 e. The fraction of sp³-hybridized carbons (Fsp3) is 0.750. The second kappa shape index (κ2) is 5.14. The summed E-state index contributed by atoms with van der Waals surface area (Å²) in [5.41, 5.74) is -0.724. The molecule has 0 aromatic carbocycles. The second-order valence-electron chi connectivity index (χ2n) is 4.66. The van der Waals surface area contributed by atoms with Crippen LogP contribution >= 0.6 is 0 Å². The molecule has 5 heteroatoms. The standard InChI is InChI=1S/C12H20FN3O/c1-3-16-11(4-5-15-16)12(2,13)8-10-9-17-7-6-14-10/h4-5,10,14H,3,6-9H2,1-2H3. The Balaban J connectivity index is 2.06. The number of ether oxygens (including phenoxy) is 1. The van der Waals surface area contributed by atoms with E-state index in [1.54, 1.807) is 23.9 Å². The van der Waals surface area contributed by atoms with Gasteiger partial charge in [0.25, 0.3) is 0 Å². The zero-order valence-corrected chi connectivity index (χ0v) is 10.4. The van der Waals surface area contributed by atoms with Crippen molar-refractivity contribution in [1.82, 2.24) is 15.1 Å². The number of rotatable bonds is 4. The Morgan fingerprint density at radius 2 is 2.53 bits per heavy atom. The predicted molar refractivity (Wildman–Crippen MR) is 63.6 cm³/mol. The SMILES string of the molecule is CCn1nccc1C(C)(F)CC1COCCN1. The molecule has 0 amide bonds. The van der Waals surface area contributed by atoms with Crippen molar-refractivity contribution in [1.29, 1.82) is 0 Å². The molecule has 1 aromatic heterocycles. The normalized spacial score (nSPS) is 24.5. The van der Waals surface area contributed by atoms with Crippen LogP contribution in [0.4, 0.5) is 4.39 Å². The van der Waals surface area contributed by atoms with E-state index in [4.69, 9.17) is 4.74 Å². The van der Waals surface area contributed by atoms with Gasteiger partial charge in [-0.1, -0.05) is 0 Å². The summed E-state index contributed by atoms with van der Waals surface area (Å²) in [5, 5.41) is 7.40. The first-order chi connectivity index (χ1) is 8.13. The van der Waals surface area contributed by atoms with Crippen molar-refractivity contribution in [2.75, 3.05) is 19.8 Å². The number of aromatic nitrogens is 2. The highest BCUT2D eigenvalue weighted by molar-refractivity contribution is 5.11. The third kappa shape index (κ3) is 2.84. The number of alkyl halides is 1. The smallest absolute Gasteiger partial charge is 0.151 e. The Morgan fingerprint density at radius 3 is 3.18 bits per heavy atom. The van der Waals surface area contributed by atoms with E-state index in [1.807, 2.05) is 6.92 Å². The molecule has 2 heterocycles. The van der Waals surface area contributed by atoms with Gasteiger partial charge in [-0.3, -0.25) is 4.68 Å². The molecule has 17 heavy (non-hydrogen) atoms. The van der Waals surface area contributed by atoms with Crippen molar-refractivity contribution in [3.63, 3.8) is 0 Å². The van der Waals surface area contributed by atoms with Gasteiger partial charge < -0.3 is 10.1 Å². The van der Waals surface area contributed by atoms with Gasteiger partial charge in [-0.25, -0.2) is 4.39 Å². The monoisotopic (exact) mass is 241 g/mol. The van der Waals surface area contributed by atoms with Crippen LogP contribution < -0.4 is 5.32 Å². The van der Waals surface area contributed by atoms with Crippen molar-refractivity contribution < 1.29 is 9.13 Å². The summed E-state index contributed by atoms with van der Waals surface area (Å²) in [6.45, 7) is 6.37. The average Bonchev–Trinajstić information content (AvgIpc) is 2.78. The molecule has 1 aliphatic heterocycles. The summed E-state index contributed by atoms with van der Waals surface area (Å²) in [6.07, 6.45) is 2.07. The number of nitrogens with one attached hydrogen (secondary N) is 1. The maximum absolute atomic E-state index is 14.7. The highest BCUT2D eigenvalue weighted by Gasteiger charge is 2.33. The number of halogens is 1. The second-order valence-corrected chi connectivity index (χ2v) is 4.66. The Hall–Kier alpha value is -0.940. The maximum atomic E-state index is 14.7. The van der Waals surface area contributed by atoms with Crippen molar-refractivity contribution in [2.24, 2.45) is 0 Å². The van der Waals surface area contributed by atoms with Crippen LogP contribution in [0.2, 0.25) is 0 Å². The summed E-state index contributed by atoms with van der Waals surface area (Å²) < 4.78 is 21.8. The van der Waals surface area contributed by atoms with E-state index in [0.29, 0.717) is 31.9 Å². The first-order valence-corrected chi connectivity index (χ1v) is 6.16. The van der Waals surface area contributed by atoms with Crippen LogP contribution in [-0.2, 0) is 17.0 Å².